The number of aromatic nitrogens is 5. The minimum atomic E-state index is -4.06. The first-order chi connectivity index (χ1) is 60.7. The molecule has 5 aromatic rings. The first kappa shape index (κ1) is 113. The highest BCUT2D eigenvalue weighted by molar-refractivity contribution is 7.09. The van der Waals surface area contributed by atoms with Crippen molar-refractivity contribution in [3.63, 3.8) is 0 Å². The monoisotopic (exact) mass is 1820 g/mol. The van der Waals surface area contributed by atoms with Crippen LogP contribution in [0.2, 0.25) is 0 Å². The van der Waals surface area contributed by atoms with Crippen molar-refractivity contribution in [2.75, 3.05) is 99.3 Å². The molecule has 0 unspecified atom stereocenters. The number of piperidine rings is 5. The molecule has 0 atom stereocenters. The summed E-state index contributed by atoms with van der Waals surface area (Å²) in [5, 5.41) is 22.3. The fourth-order valence-electron chi connectivity index (χ4n) is 19.5. The number of ether oxygens (including phenoxy) is 2. The van der Waals surface area contributed by atoms with E-state index in [-0.39, 0.29) is 22.7 Å². The molecule has 7 aliphatic rings. The summed E-state index contributed by atoms with van der Waals surface area (Å²) < 4.78 is 49.1. The molecule has 0 radical (unpaired) electrons. The first-order valence-corrected chi connectivity index (χ1v) is 50.8. The number of thiazole rings is 1. The van der Waals surface area contributed by atoms with E-state index in [0.29, 0.717) is 94.7 Å². The number of rotatable bonds is 21. The van der Waals surface area contributed by atoms with Crippen LogP contribution in [0.1, 0.15) is 339 Å². The Morgan fingerprint density at radius 1 is 0.546 bits per heavy atom. The van der Waals surface area contributed by atoms with Gasteiger partial charge in [0.25, 0.3) is 0 Å². The number of halogens is 3. The zero-order valence-electron chi connectivity index (χ0n) is 86.7. The van der Waals surface area contributed by atoms with Gasteiger partial charge in [-0.25, -0.2) is 4.98 Å². The second-order valence-electron chi connectivity index (χ2n) is 46.7. The van der Waals surface area contributed by atoms with E-state index in [0.717, 1.165) is 119 Å². The number of alkyl halides is 3. The highest BCUT2D eigenvalue weighted by Crippen LogP contribution is 2.51. The van der Waals surface area contributed by atoms with Crippen LogP contribution in [0.25, 0.3) is 0 Å². The Morgan fingerprint density at radius 3 is 1.40 bits per heavy atom. The normalized spacial score (nSPS) is 21.4. The van der Waals surface area contributed by atoms with E-state index >= 15 is 0 Å². The summed E-state index contributed by atoms with van der Waals surface area (Å²) in [6.45, 7) is 74.6. The van der Waals surface area contributed by atoms with Crippen molar-refractivity contribution in [3.05, 3.63) is 129 Å². The van der Waals surface area contributed by atoms with E-state index in [1.165, 1.54) is 161 Å². The molecule has 0 bridgehead atoms. The minimum absolute atomic E-state index is 0.0677. The lowest BCUT2D eigenvalue weighted by molar-refractivity contribution is -0.152. The fourth-order valence-corrected chi connectivity index (χ4v) is 20.1. The van der Waals surface area contributed by atoms with E-state index < -0.39 is 12.7 Å². The fraction of sp³-hybridized carbons (Fsp3) is 0.761. The number of carbonyl (C=O) groups excluding carboxylic acids is 2. The van der Waals surface area contributed by atoms with Crippen LogP contribution < -0.4 is 0 Å². The summed E-state index contributed by atoms with van der Waals surface area (Å²) in [7, 11) is 3.55. The second-order valence-corrected chi connectivity index (χ2v) is 47.6. The van der Waals surface area contributed by atoms with Crippen molar-refractivity contribution in [2.45, 2.75) is 347 Å². The van der Waals surface area contributed by atoms with Crippen LogP contribution in [0.5, 0.6) is 0 Å². The maximum Gasteiger partial charge on any atom is 0.401 e. The lowest BCUT2D eigenvalue weighted by atomic mass is 9.63. The van der Waals surface area contributed by atoms with E-state index in [9.17, 15) is 22.8 Å². The number of esters is 1. The van der Waals surface area contributed by atoms with Crippen LogP contribution in [0.3, 0.4) is 0 Å². The van der Waals surface area contributed by atoms with Gasteiger partial charge in [-0.15, -0.1) is 11.3 Å². The molecule has 7 fully saturated rings. The average Bonchev–Trinajstić information content (AvgIpc) is 1.23. The molecular formula is C109H180F3N13O4S. The predicted octanol–water partition coefficient (Wildman–Crippen LogP) is 25.7. The average molecular weight is 1830 g/mol. The third-order valence-electron chi connectivity index (χ3n) is 32.6. The molecule has 17 nitrogen and oxygen atoms in total. The Morgan fingerprint density at radius 2 is 1.00 bits per heavy atom. The quantitative estimate of drug-likeness (QED) is 0.0634. The van der Waals surface area contributed by atoms with Gasteiger partial charge < -0.3 is 14.4 Å². The number of amides is 1. The van der Waals surface area contributed by atoms with Crippen molar-refractivity contribution in [3.8, 4) is 12.1 Å². The largest absolute Gasteiger partial charge is 0.461 e. The van der Waals surface area contributed by atoms with E-state index in [4.69, 9.17) is 20.0 Å². The van der Waals surface area contributed by atoms with Gasteiger partial charge in [0.2, 0.25) is 5.91 Å². The van der Waals surface area contributed by atoms with Crippen LogP contribution >= 0.6 is 11.3 Å². The SMILES string of the molecule is CC(C)(C)C1(C)CCN(CC(F)(F)F)CC1.CC(C)(C)C1(C)CCN(Cc2cccc(C#N)c2)CC1.CC(C)(C)C1(C)CCN(Cc2ccnc(C#N)c2)CC1.CC(C)(C)C1(C)CCN(Cc2cncs2)CC1.CC(C)C1CCC(CC(=O)OCc2cccnc2)CC1.CCn1ncc(CN2CCC(C(C)(C)C)CC2)c1C.COCCN(C)C(=O)CC1CCC(C(C)C)CC1. The Hall–Kier alpha value is -6.17. The topological polar surface area (TPSA) is 176 Å². The van der Waals surface area contributed by atoms with Crippen LogP contribution in [-0.2, 0) is 58.4 Å². The summed E-state index contributed by atoms with van der Waals surface area (Å²) in [4.78, 5) is 50.9. The van der Waals surface area contributed by atoms with Gasteiger partial charge in [-0.2, -0.15) is 28.8 Å². The Kier molecular flexibility index (Phi) is 44.7. The van der Waals surface area contributed by atoms with Crippen LogP contribution in [0.15, 0.2) is 85.0 Å². The van der Waals surface area contributed by atoms with Gasteiger partial charge in [-0.3, -0.25) is 48.7 Å². The molecule has 5 saturated heterocycles. The number of aryl methyl sites for hydroxylation is 1. The summed E-state index contributed by atoms with van der Waals surface area (Å²) in [5.41, 5.74) is 12.7. The Balaban J connectivity index is 0.000000234. The van der Waals surface area contributed by atoms with Crippen molar-refractivity contribution < 1.29 is 32.2 Å². The molecule has 12 rings (SSSR count). The van der Waals surface area contributed by atoms with Crippen LogP contribution in [0, 0.1) is 120 Å². The highest BCUT2D eigenvalue weighted by Gasteiger charge is 2.45. The molecule has 2 saturated carbocycles. The number of nitrogens with zero attached hydrogens (tertiary/aromatic N) is 13. The molecule has 5 aliphatic heterocycles. The summed E-state index contributed by atoms with van der Waals surface area (Å²) in [6.07, 6.45) is 28.4. The van der Waals surface area contributed by atoms with Crippen molar-refractivity contribution >= 4 is 23.2 Å². The van der Waals surface area contributed by atoms with Crippen LogP contribution in [0.4, 0.5) is 13.2 Å². The molecule has 21 heteroatoms. The number of benzene rings is 1. The summed E-state index contributed by atoms with van der Waals surface area (Å²) in [5.74, 6) is 5.51. The smallest absolute Gasteiger partial charge is 0.401 e. The number of carbonyl (C=O) groups is 2. The lowest BCUT2D eigenvalue weighted by Crippen LogP contribution is -2.47. The van der Waals surface area contributed by atoms with Gasteiger partial charge in [0.1, 0.15) is 18.4 Å². The molecule has 1 amide bonds. The second kappa shape index (κ2) is 51.7. The van der Waals surface area contributed by atoms with E-state index in [1.807, 2.05) is 61.2 Å². The molecule has 9 heterocycles. The van der Waals surface area contributed by atoms with Crippen molar-refractivity contribution in [1.29, 1.82) is 10.5 Å². The molecule has 130 heavy (non-hydrogen) atoms. The van der Waals surface area contributed by atoms with Gasteiger partial charge in [-0.05, 0) is 326 Å². The van der Waals surface area contributed by atoms with Gasteiger partial charge in [0.15, 0.2) is 0 Å². The maximum atomic E-state index is 12.2. The summed E-state index contributed by atoms with van der Waals surface area (Å²) in [6, 6.07) is 20.0. The van der Waals surface area contributed by atoms with E-state index in [2.05, 4.69) is 242 Å². The van der Waals surface area contributed by atoms with Gasteiger partial charge in [0.05, 0.1) is 36.5 Å². The molecule has 4 aromatic heterocycles. The Labute approximate surface area is 793 Å². The third kappa shape index (κ3) is 37.5. The standard InChI is InChI=1S/C18H26N2.C17H25N3.C17H25NO2.C16H29N3.C15H29NO2.C14H24N2S.C12H22F3N/c1-17(2,3)18(4)8-10-20(11-9-18)14-16-7-5-6-15(12-16)13-19;1-16(2,3)17(4)6-9-20(10-7-17)13-14-5-8-19-15(11-14)12-18;1-13(2)16-7-5-14(6-8-16)10-17(19)20-12-15-4-3-9-18-11-15;1-6-19-13(2)14(11-17-19)12-18-9-7-15(8-10-18)16(3,4)5;1-12(2)14-7-5-13(6-8-14)11-15(17)16(3)9-10-18-4;1-13(2,3)14(4)5-7-16(8-6-14)10-12-9-15-11-17-12;1-10(2,3)11(4)5-7-16(8-6-11)9-12(13,14)15/h5-7,12H,8-11,14H2,1-4H3;5,8,11H,6-7,9-10,13H2,1-4H3;3-4,9,11,13-14,16H,5-8,10,12H2,1-2H3;11,15H,6-10,12H2,1-5H3;12-14H,5-11H2,1-4H3;9,11H,5-8,10H2,1-4H3;5-9H2,1-4H3. The Bertz CT molecular complexity index is 4020. The summed E-state index contributed by atoms with van der Waals surface area (Å²) >= 11 is 1.77. The van der Waals surface area contributed by atoms with E-state index in [1.54, 1.807) is 41.9 Å². The number of likely N-dealkylation sites (N-methyl/N-ethyl adjacent to an activating group) is 1. The third-order valence-corrected chi connectivity index (χ3v) is 33.4. The highest BCUT2D eigenvalue weighted by atomic mass is 32.1. The number of likely N-dealkylation sites (tertiary alicyclic amines) is 5. The molecule has 0 N–H and O–H groups in total. The molecule has 2 aliphatic carbocycles. The zero-order valence-corrected chi connectivity index (χ0v) is 87.5. The van der Waals surface area contributed by atoms with Crippen LogP contribution in [-0.4, -0.2) is 171 Å². The van der Waals surface area contributed by atoms with Gasteiger partial charge in [0, 0.05) is 113 Å². The first-order valence-electron chi connectivity index (χ1n) is 49.9. The predicted molar refractivity (Wildman–Crippen MR) is 531 cm³/mol. The number of nitriles is 2. The number of methoxy groups -OCH3 is 1. The lowest BCUT2D eigenvalue weighted by Gasteiger charge is -2.48. The number of hydrogen-bond acceptors (Lipinski definition) is 16. The van der Waals surface area contributed by atoms with Gasteiger partial charge in [-0.1, -0.05) is 177 Å². The van der Waals surface area contributed by atoms with Crippen molar-refractivity contribution in [1.82, 2.24) is 54.1 Å². The molecule has 732 valence electrons. The van der Waals surface area contributed by atoms with Crippen molar-refractivity contribution in [2.24, 2.45) is 90.2 Å². The molecule has 1 aromatic carbocycles. The molecule has 0 spiro atoms. The number of pyridine rings is 2. The maximum absolute atomic E-state index is 12.2. The molecular weight excluding hydrogens is 1640 g/mol. The zero-order chi connectivity index (χ0) is 96.7. The minimum Gasteiger partial charge on any atom is -0.461 e. The number of hydrogen-bond donors (Lipinski definition) is 0. The van der Waals surface area contributed by atoms with Gasteiger partial charge >= 0.3 is 12.1 Å².